The Morgan fingerprint density at radius 1 is 1.53 bits per heavy atom. The van der Waals surface area contributed by atoms with E-state index in [-0.39, 0.29) is 6.10 Å². The predicted molar refractivity (Wildman–Crippen MR) is 62.5 cm³/mol. The maximum Gasteiger partial charge on any atom is 0.240 e. The van der Waals surface area contributed by atoms with Crippen molar-refractivity contribution in [3.8, 4) is 0 Å². The van der Waals surface area contributed by atoms with Crippen molar-refractivity contribution < 1.29 is 9.26 Å². The lowest BCUT2D eigenvalue weighted by Crippen LogP contribution is -2.42. The number of morpholine rings is 1. The zero-order valence-electron chi connectivity index (χ0n) is 10.6. The van der Waals surface area contributed by atoms with Gasteiger partial charge in [-0.1, -0.05) is 5.16 Å². The number of rotatable bonds is 4. The lowest BCUT2D eigenvalue weighted by atomic mass is 10.2. The van der Waals surface area contributed by atoms with Crippen molar-refractivity contribution in [2.45, 2.75) is 32.5 Å². The van der Waals surface area contributed by atoms with Gasteiger partial charge in [0.1, 0.15) is 6.10 Å². The summed E-state index contributed by atoms with van der Waals surface area (Å²) in [5.74, 6) is 1.26. The topological polar surface area (TPSA) is 63.4 Å². The van der Waals surface area contributed by atoms with E-state index >= 15 is 0 Å². The second-order valence-corrected chi connectivity index (χ2v) is 4.52. The van der Waals surface area contributed by atoms with Gasteiger partial charge in [-0.2, -0.15) is 4.98 Å². The molecule has 1 aliphatic rings. The lowest BCUT2D eigenvalue weighted by Gasteiger charge is -2.34. The zero-order valence-corrected chi connectivity index (χ0v) is 10.6. The summed E-state index contributed by atoms with van der Waals surface area (Å²) in [4.78, 5) is 6.69. The highest BCUT2D eigenvalue weighted by Crippen LogP contribution is 2.20. The largest absolute Gasteiger partial charge is 0.367 e. The first-order valence-corrected chi connectivity index (χ1v) is 6.03. The normalized spacial score (nSPS) is 22.2. The van der Waals surface area contributed by atoms with Gasteiger partial charge in [-0.05, 0) is 20.9 Å². The van der Waals surface area contributed by atoms with E-state index in [9.17, 15) is 0 Å². The standard InChI is InChI=1S/C11H20N4O2/c1-8(2)15-4-5-16-9(7-15)11-13-10(6-12-3)17-14-11/h8-9,12H,4-7H2,1-3H3. The van der Waals surface area contributed by atoms with E-state index in [0.717, 1.165) is 19.7 Å². The summed E-state index contributed by atoms with van der Waals surface area (Å²) in [6.07, 6.45) is -0.0690. The van der Waals surface area contributed by atoms with Crippen LogP contribution in [-0.4, -0.2) is 47.8 Å². The Balaban J connectivity index is 2.00. The van der Waals surface area contributed by atoms with Crippen molar-refractivity contribution >= 4 is 0 Å². The molecule has 1 saturated heterocycles. The van der Waals surface area contributed by atoms with Gasteiger partial charge >= 0.3 is 0 Å². The number of aromatic nitrogens is 2. The van der Waals surface area contributed by atoms with Gasteiger partial charge in [0.15, 0.2) is 0 Å². The molecule has 1 aromatic rings. The minimum Gasteiger partial charge on any atom is -0.367 e. The molecule has 1 unspecified atom stereocenters. The molecule has 0 saturated carbocycles. The molecule has 1 aromatic heterocycles. The van der Waals surface area contributed by atoms with Gasteiger partial charge < -0.3 is 14.6 Å². The molecule has 1 atom stereocenters. The fourth-order valence-electron chi connectivity index (χ4n) is 1.92. The third kappa shape index (κ3) is 3.02. The third-order valence-corrected chi connectivity index (χ3v) is 2.93. The number of hydrogen-bond donors (Lipinski definition) is 1. The molecule has 0 aromatic carbocycles. The molecule has 1 N–H and O–H groups in total. The van der Waals surface area contributed by atoms with Gasteiger partial charge in [-0.25, -0.2) is 0 Å². The molecule has 6 nitrogen and oxygen atoms in total. The average molecular weight is 240 g/mol. The summed E-state index contributed by atoms with van der Waals surface area (Å²) in [7, 11) is 1.85. The second-order valence-electron chi connectivity index (χ2n) is 4.52. The molecule has 0 spiro atoms. The Hall–Kier alpha value is -0.980. The van der Waals surface area contributed by atoms with E-state index in [1.165, 1.54) is 0 Å². The molecule has 0 radical (unpaired) electrons. The summed E-state index contributed by atoms with van der Waals surface area (Å²) in [6, 6.07) is 0.519. The van der Waals surface area contributed by atoms with E-state index < -0.39 is 0 Å². The number of hydrogen-bond acceptors (Lipinski definition) is 6. The Kier molecular flexibility index (Phi) is 4.09. The van der Waals surface area contributed by atoms with Crippen molar-refractivity contribution in [1.82, 2.24) is 20.4 Å². The van der Waals surface area contributed by atoms with Gasteiger partial charge in [-0.15, -0.1) is 0 Å². The van der Waals surface area contributed by atoms with Crippen LogP contribution in [0.1, 0.15) is 31.7 Å². The Labute approximate surface area is 101 Å². The SMILES string of the molecule is CNCc1nc(C2CN(C(C)C)CCO2)no1. The molecule has 2 rings (SSSR count). The van der Waals surface area contributed by atoms with Gasteiger partial charge in [0.2, 0.25) is 11.7 Å². The summed E-state index contributed by atoms with van der Waals surface area (Å²) < 4.78 is 10.8. The van der Waals surface area contributed by atoms with E-state index in [0.29, 0.717) is 24.3 Å². The van der Waals surface area contributed by atoms with Gasteiger partial charge in [-0.3, -0.25) is 4.90 Å². The molecule has 96 valence electrons. The van der Waals surface area contributed by atoms with Crippen LogP contribution in [0.2, 0.25) is 0 Å². The third-order valence-electron chi connectivity index (χ3n) is 2.93. The molecule has 0 amide bonds. The fraction of sp³-hybridized carbons (Fsp3) is 0.818. The minimum absolute atomic E-state index is 0.0690. The quantitative estimate of drug-likeness (QED) is 0.830. The monoisotopic (exact) mass is 240 g/mol. The highest BCUT2D eigenvalue weighted by atomic mass is 16.5. The lowest BCUT2D eigenvalue weighted by molar-refractivity contribution is -0.0450. The van der Waals surface area contributed by atoms with Crippen LogP contribution in [0.25, 0.3) is 0 Å². The zero-order chi connectivity index (χ0) is 12.3. The Morgan fingerprint density at radius 2 is 2.35 bits per heavy atom. The Morgan fingerprint density at radius 3 is 3.06 bits per heavy atom. The van der Waals surface area contributed by atoms with Crippen LogP contribution in [0.5, 0.6) is 0 Å². The first-order valence-electron chi connectivity index (χ1n) is 6.03. The first kappa shape index (κ1) is 12.5. The maximum atomic E-state index is 5.69. The average Bonchev–Trinajstić information content (AvgIpc) is 2.78. The smallest absolute Gasteiger partial charge is 0.240 e. The van der Waals surface area contributed by atoms with Crippen LogP contribution >= 0.6 is 0 Å². The number of nitrogens with one attached hydrogen (secondary N) is 1. The van der Waals surface area contributed by atoms with Crippen molar-refractivity contribution in [3.05, 3.63) is 11.7 Å². The molecule has 1 aliphatic heterocycles. The molecular formula is C11H20N4O2. The highest BCUT2D eigenvalue weighted by Gasteiger charge is 2.27. The van der Waals surface area contributed by atoms with Crippen LogP contribution in [0.4, 0.5) is 0 Å². The molecule has 1 fully saturated rings. The van der Waals surface area contributed by atoms with Crippen molar-refractivity contribution in [3.63, 3.8) is 0 Å². The van der Waals surface area contributed by atoms with Gasteiger partial charge in [0, 0.05) is 19.1 Å². The first-order chi connectivity index (χ1) is 8.20. The van der Waals surface area contributed by atoms with Gasteiger partial charge in [0.25, 0.3) is 0 Å². The van der Waals surface area contributed by atoms with Crippen LogP contribution in [0.15, 0.2) is 4.52 Å². The van der Waals surface area contributed by atoms with Crippen LogP contribution in [0, 0.1) is 0 Å². The van der Waals surface area contributed by atoms with Gasteiger partial charge in [0.05, 0.1) is 13.2 Å². The van der Waals surface area contributed by atoms with E-state index in [1.807, 2.05) is 7.05 Å². The van der Waals surface area contributed by atoms with Crippen LogP contribution in [0.3, 0.4) is 0 Å². The highest BCUT2D eigenvalue weighted by molar-refractivity contribution is 4.94. The van der Waals surface area contributed by atoms with E-state index in [1.54, 1.807) is 0 Å². The second kappa shape index (κ2) is 5.57. The molecule has 2 heterocycles. The number of ether oxygens (including phenoxy) is 1. The molecule has 17 heavy (non-hydrogen) atoms. The maximum absolute atomic E-state index is 5.69. The predicted octanol–water partition coefficient (Wildman–Crippen LogP) is 0.571. The molecular weight excluding hydrogens is 220 g/mol. The van der Waals surface area contributed by atoms with Crippen LogP contribution < -0.4 is 5.32 Å². The van der Waals surface area contributed by atoms with E-state index in [2.05, 4.69) is 34.2 Å². The fourth-order valence-corrected chi connectivity index (χ4v) is 1.92. The molecule has 0 bridgehead atoms. The molecule has 0 aliphatic carbocycles. The molecule has 6 heteroatoms. The summed E-state index contributed by atoms with van der Waals surface area (Å²) in [5.41, 5.74) is 0. The summed E-state index contributed by atoms with van der Waals surface area (Å²) in [6.45, 7) is 7.48. The minimum atomic E-state index is -0.0690. The summed E-state index contributed by atoms with van der Waals surface area (Å²) in [5, 5.41) is 6.95. The van der Waals surface area contributed by atoms with Crippen molar-refractivity contribution in [2.75, 3.05) is 26.7 Å². The van der Waals surface area contributed by atoms with E-state index in [4.69, 9.17) is 9.26 Å². The number of nitrogens with zero attached hydrogens (tertiary/aromatic N) is 3. The Bertz CT molecular complexity index is 353. The van der Waals surface area contributed by atoms with Crippen molar-refractivity contribution in [1.29, 1.82) is 0 Å². The van der Waals surface area contributed by atoms with Crippen molar-refractivity contribution in [2.24, 2.45) is 0 Å². The van der Waals surface area contributed by atoms with Crippen LogP contribution in [-0.2, 0) is 11.3 Å². The summed E-state index contributed by atoms with van der Waals surface area (Å²) >= 11 is 0.